The van der Waals surface area contributed by atoms with Crippen LogP contribution < -0.4 is 10.1 Å². The van der Waals surface area contributed by atoms with Crippen molar-refractivity contribution in [2.45, 2.75) is 45.4 Å². The quantitative estimate of drug-likeness (QED) is 0.283. The van der Waals surface area contributed by atoms with Crippen LogP contribution in [0.2, 0.25) is 5.02 Å². The number of carbonyl (C=O) groups excluding carboxylic acids is 1. The molecular weight excluding hydrogens is 495 g/mol. The van der Waals surface area contributed by atoms with Gasteiger partial charge >= 0.3 is 0 Å². The van der Waals surface area contributed by atoms with E-state index in [1.54, 1.807) is 6.07 Å². The van der Waals surface area contributed by atoms with E-state index < -0.39 is 0 Å². The highest BCUT2D eigenvalue weighted by atomic mass is 35.5. The van der Waals surface area contributed by atoms with Crippen LogP contribution in [0.15, 0.2) is 59.2 Å². The van der Waals surface area contributed by atoms with Crippen molar-refractivity contribution in [2.75, 3.05) is 32.8 Å². The standard InChI is InChI=1S/C29H35ClN2O3.ClH/c1-3-34-28-18-21(2)6-11-26(28)22-12-16-32(17-13-22)15-5-4-14-31-29(33)24-19-27(35-20-24)23-7-9-25(30)10-8-23;/h6-11,18-20,22H,3-5,12-17H2,1-2H3,(H,31,33);1H. The number of furan rings is 1. The highest BCUT2D eigenvalue weighted by Crippen LogP contribution is 2.35. The first kappa shape index (κ1) is 28.1. The monoisotopic (exact) mass is 530 g/mol. The largest absolute Gasteiger partial charge is 0.494 e. The number of hydrogen-bond donors (Lipinski definition) is 1. The maximum absolute atomic E-state index is 12.5. The number of likely N-dealkylation sites (tertiary alicyclic amines) is 1. The normalized spacial score (nSPS) is 14.3. The van der Waals surface area contributed by atoms with Gasteiger partial charge in [-0.15, -0.1) is 12.4 Å². The summed E-state index contributed by atoms with van der Waals surface area (Å²) in [5, 5.41) is 3.68. The van der Waals surface area contributed by atoms with Crippen LogP contribution in [0.4, 0.5) is 0 Å². The average molecular weight is 532 g/mol. The molecule has 36 heavy (non-hydrogen) atoms. The second-order valence-electron chi connectivity index (χ2n) is 9.26. The summed E-state index contributed by atoms with van der Waals surface area (Å²) < 4.78 is 11.5. The number of nitrogens with zero attached hydrogens (tertiary/aromatic N) is 1. The molecule has 0 saturated carbocycles. The second kappa shape index (κ2) is 13.7. The highest BCUT2D eigenvalue weighted by Gasteiger charge is 2.23. The summed E-state index contributed by atoms with van der Waals surface area (Å²) in [7, 11) is 0. The lowest BCUT2D eigenvalue weighted by molar-refractivity contribution is 0.0951. The van der Waals surface area contributed by atoms with Crippen molar-refractivity contribution >= 4 is 29.9 Å². The summed E-state index contributed by atoms with van der Waals surface area (Å²) in [4.78, 5) is 15.0. The predicted molar refractivity (Wildman–Crippen MR) is 149 cm³/mol. The summed E-state index contributed by atoms with van der Waals surface area (Å²) in [5.74, 6) is 2.19. The van der Waals surface area contributed by atoms with Gasteiger partial charge in [0.2, 0.25) is 0 Å². The topological polar surface area (TPSA) is 54.7 Å². The molecule has 194 valence electrons. The van der Waals surface area contributed by atoms with Gasteiger partial charge < -0.3 is 19.4 Å². The summed E-state index contributed by atoms with van der Waals surface area (Å²) >= 11 is 5.94. The summed E-state index contributed by atoms with van der Waals surface area (Å²) in [5.41, 5.74) is 4.04. The molecule has 2 heterocycles. The third-order valence-corrected chi connectivity index (χ3v) is 6.93. The van der Waals surface area contributed by atoms with Crippen LogP contribution in [0.3, 0.4) is 0 Å². The fraction of sp³-hybridized carbons (Fsp3) is 0.414. The molecule has 0 radical (unpaired) electrons. The summed E-state index contributed by atoms with van der Waals surface area (Å²) in [6.45, 7) is 8.82. The van der Waals surface area contributed by atoms with E-state index in [-0.39, 0.29) is 18.3 Å². The number of hydrogen-bond acceptors (Lipinski definition) is 4. The molecule has 0 aliphatic carbocycles. The van der Waals surface area contributed by atoms with Gasteiger partial charge in [0.25, 0.3) is 5.91 Å². The van der Waals surface area contributed by atoms with Crippen molar-refractivity contribution in [2.24, 2.45) is 0 Å². The Labute approximate surface area is 225 Å². The fourth-order valence-corrected chi connectivity index (χ4v) is 4.84. The van der Waals surface area contributed by atoms with Crippen LogP contribution in [-0.2, 0) is 0 Å². The molecule has 1 fully saturated rings. The van der Waals surface area contributed by atoms with Crippen LogP contribution in [-0.4, -0.2) is 43.6 Å². The first-order chi connectivity index (χ1) is 17.0. The van der Waals surface area contributed by atoms with Crippen LogP contribution >= 0.6 is 24.0 Å². The zero-order chi connectivity index (χ0) is 24.6. The predicted octanol–water partition coefficient (Wildman–Crippen LogP) is 7.12. The Bertz CT molecular complexity index is 1110. The van der Waals surface area contributed by atoms with E-state index >= 15 is 0 Å². The fourth-order valence-electron chi connectivity index (χ4n) is 4.71. The number of carbonyl (C=O) groups is 1. The summed E-state index contributed by atoms with van der Waals surface area (Å²) in [6.07, 6.45) is 5.86. The van der Waals surface area contributed by atoms with Gasteiger partial charge in [-0.1, -0.05) is 23.7 Å². The molecule has 1 amide bonds. The van der Waals surface area contributed by atoms with Gasteiger partial charge in [0.1, 0.15) is 17.8 Å². The zero-order valence-corrected chi connectivity index (χ0v) is 22.7. The third-order valence-electron chi connectivity index (χ3n) is 6.67. The average Bonchev–Trinajstić information content (AvgIpc) is 3.36. The SMILES string of the molecule is CCOc1cc(C)ccc1C1CCN(CCCCNC(=O)c2coc(-c3ccc(Cl)cc3)c2)CC1.Cl. The molecule has 7 heteroatoms. The number of rotatable bonds is 10. The number of benzene rings is 2. The van der Waals surface area contributed by atoms with Crippen molar-refractivity contribution in [3.8, 4) is 17.1 Å². The van der Waals surface area contributed by atoms with Crippen LogP contribution in [0.25, 0.3) is 11.3 Å². The molecule has 0 bridgehead atoms. The molecule has 1 aliphatic rings. The van der Waals surface area contributed by atoms with E-state index in [0.717, 1.165) is 56.6 Å². The molecule has 0 spiro atoms. The Hall–Kier alpha value is -2.47. The number of ether oxygens (including phenoxy) is 1. The molecule has 1 N–H and O–H groups in total. The molecule has 5 nitrogen and oxygen atoms in total. The Morgan fingerprint density at radius 1 is 1.11 bits per heavy atom. The van der Waals surface area contributed by atoms with Crippen molar-refractivity contribution in [3.05, 3.63) is 76.5 Å². The van der Waals surface area contributed by atoms with Gasteiger partial charge in [0.15, 0.2) is 0 Å². The van der Waals surface area contributed by atoms with E-state index in [0.29, 0.717) is 35.4 Å². The first-order valence-electron chi connectivity index (χ1n) is 12.6. The molecule has 1 aliphatic heterocycles. The van der Waals surface area contributed by atoms with E-state index in [2.05, 4.69) is 35.3 Å². The maximum Gasteiger partial charge on any atom is 0.254 e. The molecule has 1 saturated heterocycles. The minimum atomic E-state index is -0.0991. The van der Waals surface area contributed by atoms with Crippen LogP contribution in [0.5, 0.6) is 5.75 Å². The van der Waals surface area contributed by atoms with Crippen molar-refractivity contribution in [1.82, 2.24) is 10.2 Å². The number of piperidine rings is 1. The Kier molecular flexibility index (Phi) is 10.7. The zero-order valence-electron chi connectivity index (χ0n) is 21.1. The number of halogens is 2. The Morgan fingerprint density at radius 3 is 2.58 bits per heavy atom. The van der Waals surface area contributed by atoms with Gasteiger partial charge in [-0.05, 0) is 113 Å². The number of amides is 1. The van der Waals surface area contributed by atoms with E-state index in [1.807, 2.05) is 31.2 Å². The number of nitrogens with one attached hydrogen (secondary N) is 1. The second-order valence-corrected chi connectivity index (χ2v) is 9.70. The minimum Gasteiger partial charge on any atom is -0.494 e. The van der Waals surface area contributed by atoms with Crippen molar-refractivity contribution < 1.29 is 13.9 Å². The number of aryl methyl sites for hydroxylation is 1. The molecule has 0 atom stereocenters. The lowest BCUT2D eigenvalue weighted by Crippen LogP contribution is -2.34. The maximum atomic E-state index is 12.5. The van der Waals surface area contributed by atoms with Gasteiger partial charge in [-0.2, -0.15) is 0 Å². The van der Waals surface area contributed by atoms with Gasteiger partial charge in [-0.3, -0.25) is 4.79 Å². The van der Waals surface area contributed by atoms with Gasteiger partial charge in [0.05, 0.1) is 12.2 Å². The van der Waals surface area contributed by atoms with Crippen molar-refractivity contribution in [1.29, 1.82) is 0 Å². The molecule has 4 rings (SSSR count). The highest BCUT2D eigenvalue weighted by molar-refractivity contribution is 6.30. The smallest absolute Gasteiger partial charge is 0.254 e. The molecule has 3 aromatic rings. The third kappa shape index (κ3) is 7.52. The van der Waals surface area contributed by atoms with E-state index in [1.165, 1.54) is 17.4 Å². The number of unbranched alkanes of at least 4 members (excludes halogenated alkanes) is 1. The van der Waals surface area contributed by atoms with E-state index in [4.69, 9.17) is 20.8 Å². The summed E-state index contributed by atoms with van der Waals surface area (Å²) in [6, 6.07) is 15.8. The molecule has 2 aromatic carbocycles. The van der Waals surface area contributed by atoms with Crippen molar-refractivity contribution in [3.63, 3.8) is 0 Å². The Morgan fingerprint density at radius 2 is 1.86 bits per heavy atom. The van der Waals surface area contributed by atoms with Gasteiger partial charge in [0, 0.05) is 17.1 Å². The lowest BCUT2D eigenvalue weighted by Gasteiger charge is -2.33. The first-order valence-corrected chi connectivity index (χ1v) is 13.0. The van der Waals surface area contributed by atoms with E-state index in [9.17, 15) is 4.79 Å². The lowest BCUT2D eigenvalue weighted by atomic mass is 9.88. The van der Waals surface area contributed by atoms with Crippen LogP contribution in [0.1, 0.15) is 60.0 Å². The van der Waals surface area contributed by atoms with Crippen LogP contribution in [0, 0.1) is 6.92 Å². The molecule has 0 unspecified atom stereocenters. The minimum absolute atomic E-state index is 0. The van der Waals surface area contributed by atoms with Gasteiger partial charge in [-0.25, -0.2) is 0 Å². The molecular formula is C29H36Cl2N2O3. The Balaban J connectivity index is 0.00000361. The molecule has 1 aromatic heterocycles.